The van der Waals surface area contributed by atoms with Gasteiger partial charge in [-0.05, 0) is 40.7 Å². The van der Waals surface area contributed by atoms with Crippen LogP contribution < -0.4 is 5.73 Å². The lowest BCUT2D eigenvalue weighted by atomic mass is 10.3. The predicted molar refractivity (Wildman–Crippen MR) is 60.0 cm³/mol. The fraction of sp³-hybridized carbons (Fsp3) is 1.00. The molecule has 1 atom stereocenters. The molecule has 80 valence electrons. The Bertz CT molecular complexity index is 112. The van der Waals surface area contributed by atoms with Gasteiger partial charge in [-0.1, -0.05) is 0 Å². The van der Waals surface area contributed by atoms with Gasteiger partial charge < -0.3 is 10.3 Å². The van der Waals surface area contributed by atoms with E-state index >= 15 is 0 Å². The van der Waals surface area contributed by atoms with Gasteiger partial charge in [0.25, 0.3) is 0 Å². The van der Waals surface area contributed by atoms with Crippen molar-refractivity contribution in [3.8, 4) is 0 Å². The van der Waals surface area contributed by atoms with Gasteiger partial charge in [0.2, 0.25) is 0 Å². The molecule has 0 aliphatic carbocycles. The number of rotatable bonds is 7. The summed E-state index contributed by atoms with van der Waals surface area (Å²) in [6.07, 6.45) is 0.955. The van der Waals surface area contributed by atoms with Gasteiger partial charge in [0.05, 0.1) is 15.6 Å². The van der Waals surface area contributed by atoms with Crippen LogP contribution in [-0.4, -0.2) is 29.9 Å². The quantitative estimate of drug-likeness (QED) is 0.511. The lowest BCUT2D eigenvalue weighted by Gasteiger charge is -2.29. The Morgan fingerprint density at radius 1 is 1.23 bits per heavy atom. The molecule has 0 bridgehead atoms. The number of hydrogen-bond acceptors (Lipinski definition) is 3. The van der Waals surface area contributed by atoms with Crippen molar-refractivity contribution in [2.75, 3.05) is 13.2 Å². The average Bonchev–Trinajstić information content (AvgIpc) is 2.02. The molecule has 0 rings (SSSR count). The van der Waals surface area contributed by atoms with Crippen molar-refractivity contribution in [2.45, 2.75) is 46.2 Å². The minimum absolute atomic E-state index is 0.472. The van der Waals surface area contributed by atoms with Crippen LogP contribution in [0.25, 0.3) is 0 Å². The Morgan fingerprint density at radius 2 is 1.77 bits per heavy atom. The van der Waals surface area contributed by atoms with Crippen molar-refractivity contribution in [3.05, 3.63) is 0 Å². The van der Waals surface area contributed by atoms with Crippen LogP contribution in [0.15, 0.2) is 0 Å². The topological polar surface area (TPSA) is 38.5 Å². The van der Waals surface area contributed by atoms with Gasteiger partial charge in [0.15, 0.2) is 0 Å². The van der Waals surface area contributed by atoms with Crippen molar-refractivity contribution < 1.29 is 4.52 Å². The van der Waals surface area contributed by atoms with Crippen LogP contribution in [0.5, 0.6) is 0 Å². The summed E-state index contributed by atoms with van der Waals surface area (Å²) < 4.78 is 7.88. The first kappa shape index (κ1) is 13.3. The molecule has 1 unspecified atom stereocenters. The van der Waals surface area contributed by atoms with Gasteiger partial charge >= 0.3 is 0 Å². The zero-order valence-electron chi connectivity index (χ0n) is 9.21. The maximum Gasteiger partial charge on any atom is 0.0893 e. The standard InChI is InChI=1S/C9H23N2OP/c1-8(2)11(9(3)4)13-12-7-5-6-10/h8-9,13H,5-7,10H2,1-4H3. The maximum atomic E-state index is 5.53. The first-order chi connectivity index (χ1) is 6.09. The van der Waals surface area contributed by atoms with E-state index < -0.39 is 0 Å². The molecule has 0 saturated carbocycles. The van der Waals surface area contributed by atoms with Gasteiger partial charge in [-0.2, -0.15) is 0 Å². The third-order valence-corrected chi connectivity index (χ3v) is 3.31. The first-order valence-electron chi connectivity index (χ1n) is 4.95. The molecule has 0 aliphatic heterocycles. The SMILES string of the molecule is CC(C)N(POCCCN)C(C)C. The van der Waals surface area contributed by atoms with E-state index in [0.29, 0.717) is 27.6 Å². The minimum atomic E-state index is 0.472. The molecule has 0 spiro atoms. The summed E-state index contributed by atoms with van der Waals surface area (Å²) in [6, 6.07) is 1.10. The maximum absolute atomic E-state index is 5.53. The summed E-state index contributed by atoms with van der Waals surface area (Å²) in [7, 11) is 0.472. The Morgan fingerprint density at radius 3 is 2.15 bits per heavy atom. The van der Waals surface area contributed by atoms with Crippen LogP contribution in [0.3, 0.4) is 0 Å². The monoisotopic (exact) mass is 206 g/mol. The second-order valence-electron chi connectivity index (χ2n) is 3.68. The van der Waals surface area contributed by atoms with Crippen LogP contribution in [0.4, 0.5) is 0 Å². The number of nitrogens with zero attached hydrogens (tertiary/aromatic N) is 1. The Hall–Kier alpha value is 0.310. The highest BCUT2D eigenvalue weighted by atomic mass is 31.1. The highest BCUT2D eigenvalue weighted by Gasteiger charge is 2.12. The van der Waals surface area contributed by atoms with Gasteiger partial charge in [0.1, 0.15) is 0 Å². The zero-order chi connectivity index (χ0) is 10.3. The predicted octanol–water partition coefficient (Wildman–Crippen LogP) is 1.98. The Labute approximate surface area is 83.9 Å². The molecule has 0 aromatic heterocycles. The molecule has 0 aromatic rings. The summed E-state index contributed by atoms with van der Waals surface area (Å²) >= 11 is 0. The fourth-order valence-electron chi connectivity index (χ4n) is 1.08. The summed E-state index contributed by atoms with van der Waals surface area (Å²) in [5.41, 5.74) is 5.37. The molecule has 0 saturated heterocycles. The van der Waals surface area contributed by atoms with E-state index in [-0.39, 0.29) is 0 Å². The van der Waals surface area contributed by atoms with E-state index in [2.05, 4.69) is 32.4 Å². The summed E-state index contributed by atoms with van der Waals surface area (Å²) in [4.78, 5) is 0. The molecule has 0 aromatic carbocycles. The van der Waals surface area contributed by atoms with Gasteiger partial charge in [0, 0.05) is 12.1 Å². The third kappa shape index (κ3) is 6.39. The van der Waals surface area contributed by atoms with Crippen molar-refractivity contribution >= 4 is 8.96 Å². The fourth-order valence-corrected chi connectivity index (χ4v) is 1.89. The van der Waals surface area contributed by atoms with Gasteiger partial charge in [-0.25, -0.2) is 0 Å². The second-order valence-corrected chi connectivity index (χ2v) is 4.66. The van der Waals surface area contributed by atoms with Gasteiger partial charge in [-0.15, -0.1) is 0 Å². The second kappa shape index (κ2) is 7.69. The van der Waals surface area contributed by atoms with Crippen molar-refractivity contribution in [1.82, 2.24) is 4.67 Å². The van der Waals surface area contributed by atoms with Crippen LogP contribution >= 0.6 is 8.96 Å². The van der Waals surface area contributed by atoms with Crippen LogP contribution in [-0.2, 0) is 4.52 Å². The molecule has 0 heterocycles. The Balaban J connectivity index is 3.58. The summed E-state index contributed by atoms with van der Waals surface area (Å²) in [6.45, 7) is 10.3. The molecular formula is C9H23N2OP. The molecule has 4 heteroatoms. The van der Waals surface area contributed by atoms with E-state index in [4.69, 9.17) is 10.3 Å². The summed E-state index contributed by atoms with van der Waals surface area (Å²) in [5, 5.41) is 0. The van der Waals surface area contributed by atoms with Crippen LogP contribution in [0.2, 0.25) is 0 Å². The molecule has 0 amide bonds. The molecule has 3 nitrogen and oxygen atoms in total. The first-order valence-corrected chi connectivity index (χ1v) is 5.81. The molecule has 0 fully saturated rings. The van der Waals surface area contributed by atoms with E-state index in [9.17, 15) is 0 Å². The van der Waals surface area contributed by atoms with E-state index in [1.807, 2.05) is 0 Å². The van der Waals surface area contributed by atoms with Crippen molar-refractivity contribution in [3.63, 3.8) is 0 Å². The van der Waals surface area contributed by atoms with Gasteiger partial charge in [-0.3, -0.25) is 4.67 Å². The third-order valence-electron chi connectivity index (χ3n) is 1.73. The normalized spacial score (nSPS) is 12.9. The van der Waals surface area contributed by atoms with E-state index in [1.54, 1.807) is 0 Å². The number of hydrogen-bond donors (Lipinski definition) is 1. The largest absolute Gasteiger partial charge is 0.346 e. The molecule has 2 N–H and O–H groups in total. The lowest BCUT2D eigenvalue weighted by Crippen LogP contribution is -2.29. The minimum Gasteiger partial charge on any atom is -0.346 e. The molecule has 0 aliphatic rings. The smallest absolute Gasteiger partial charge is 0.0893 e. The van der Waals surface area contributed by atoms with Crippen LogP contribution in [0, 0.1) is 0 Å². The lowest BCUT2D eigenvalue weighted by molar-refractivity contribution is 0.266. The van der Waals surface area contributed by atoms with Crippen molar-refractivity contribution in [1.29, 1.82) is 0 Å². The Kier molecular flexibility index (Phi) is 7.87. The van der Waals surface area contributed by atoms with E-state index in [1.165, 1.54) is 0 Å². The molecular weight excluding hydrogens is 183 g/mol. The number of nitrogens with two attached hydrogens (primary N) is 1. The van der Waals surface area contributed by atoms with E-state index in [0.717, 1.165) is 13.0 Å². The average molecular weight is 206 g/mol. The van der Waals surface area contributed by atoms with Crippen LogP contribution in [0.1, 0.15) is 34.1 Å². The highest BCUT2D eigenvalue weighted by Crippen LogP contribution is 2.25. The molecule has 13 heavy (non-hydrogen) atoms. The summed E-state index contributed by atoms with van der Waals surface area (Å²) in [5.74, 6) is 0. The zero-order valence-corrected chi connectivity index (χ0v) is 10.2. The highest BCUT2D eigenvalue weighted by molar-refractivity contribution is 7.29. The van der Waals surface area contributed by atoms with Crippen molar-refractivity contribution in [2.24, 2.45) is 5.73 Å². The molecule has 0 radical (unpaired) electrons.